The van der Waals surface area contributed by atoms with Gasteiger partial charge in [-0.05, 0) is 18.6 Å². The number of aliphatic hydroxyl groups excluding tert-OH is 1. The molecular formula is C10H10O4. The summed E-state index contributed by atoms with van der Waals surface area (Å²) in [6, 6.07) is 0. The van der Waals surface area contributed by atoms with Crippen molar-refractivity contribution in [3.63, 3.8) is 0 Å². The fraction of sp³-hybridized carbons (Fsp3) is 0.500. The number of ketones is 1. The van der Waals surface area contributed by atoms with Crippen LogP contribution in [0.4, 0.5) is 0 Å². The molecule has 0 aromatic heterocycles. The summed E-state index contributed by atoms with van der Waals surface area (Å²) < 4.78 is 10.3. The van der Waals surface area contributed by atoms with E-state index < -0.39 is 12.2 Å². The Morgan fingerprint density at radius 2 is 2.29 bits per heavy atom. The summed E-state index contributed by atoms with van der Waals surface area (Å²) in [6.07, 6.45) is 1.68. The zero-order valence-corrected chi connectivity index (χ0v) is 7.64. The first-order valence-electron chi connectivity index (χ1n) is 4.64. The maximum absolute atomic E-state index is 11.6. The highest BCUT2D eigenvalue weighted by molar-refractivity contribution is 6.06. The maximum Gasteiger partial charge on any atom is 0.197 e. The van der Waals surface area contributed by atoms with Crippen molar-refractivity contribution in [2.75, 3.05) is 0 Å². The molecule has 0 radical (unpaired) electrons. The van der Waals surface area contributed by atoms with Gasteiger partial charge in [0.15, 0.2) is 11.9 Å². The van der Waals surface area contributed by atoms with Gasteiger partial charge in [0.05, 0.1) is 11.8 Å². The average molecular weight is 194 g/mol. The van der Waals surface area contributed by atoms with Crippen molar-refractivity contribution in [3.8, 4) is 0 Å². The first-order valence-corrected chi connectivity index (χ1v) is 4.64. The normalized spacial score (nSPS) is 44.3. The Hall–Kier alpha value is -1.13. The molecule has 4 heteroatoms. The first kappa shape index (κ1) is 8.20. The van der Waals surface area contributed by atoms with E-state index in [9.17, 15) is 9.90 Å². The maximum atomic E-state index is 11.6. The Morgan fingerprint density at radius 1 is 1.50 bits per heavy atom. The van der Waals surface area contributed by atoms with Gasteiger partial charge in [0.2, 0.25) is 0 Å². The van der Waals surface area contributed by atoms with Crippen molar-refractivity contribution < 1.29 is 19.4 Å². The number of carbonyl (C=O) groups excluding carboxylic acids is 1. The van der Waals surface area contributed by atoms with Crippen molar-refractivity contribution in [2.24, 2.45) is 0 Å². The zero-order valence-electron chi connectivity index (χ0n) is 7.64. The molecule has 3 aliphatic rings. The summed E-state index contributed by atoms with van der Waals surface area (Å²) in [6.45, 7) is 1.86. The SMILES string of the molecule is CC1C=C2C(=CO1)C(=O)[C@H]1O[C@H]1[C@@H]2O. The molecule has 0 spiro atoms. The first-order chi connectivity index (χ1) is 6.68. The summed E-state index contributed by atoms with van der Waals surface area (Å²) in [4.78, 5) is 11.6. The van der Waals surface area contributed by atoms with Crippen molar-refractivity contribution in [1.29, 1.82) is 0 Å². The molecule has 0 bridgehead atoms. The topological polar surface area (TPSA) is 59.1 Å². The monoisotopic (exact) mass is 194 g/mol. The highest BCUT2D eigenvalue weighted by Crippen LogP contribution is 2.41. The number of ether oxygens (including phenoxy) is 2. The molecule has 0 amide bonds. The van der Waals surface area contributed by atoms with Gasteiger partial charge in [-0.3, -0.25) is 4.79 Å². The van der Waals surface area contributed by atoms with Crippen LogP contribution in [0.15, 0.2) is 23.5 Å². The molecule has 1 unspecified atom stereocenters. The predicted octanol–water partition coefficient (Wildman–Crippen LogP) is -0.0736. The second-order valence-corrected chi connectivity index (χ2v) is 3.83. The lowest BCUT2D eigenvalue weighted by Gasteiger charge is -2.24. The van der Waals surface area contributed by atoms with Crippen LogP contribution in [0.2, 0.25) is 0 Å². The number of rotatable bonds is 0. The molecule has 1 saturated carbocycles. The van der Waals surface area contributed by atoms with Gasteiger partial charge in [0, 0.05) is 0 Å². The van der Waals surface area contributed by atoms with Crippen LogP contribution >= 0.6 is 0 Å². The number of hydrogen-bond acceptors (Lipinski definition) is 4. The third-order valence-corrected chi connectivity index (χ3v) is 2.81. The molecule has 1 saturated heterocycles. The molecule has 2 fully saturated rings. The minimum atomic E-state index is -0.671. The molecule has 74 valence electrons. The van der Waals surface area contributed by atoms with Crippen LogP contribution in [0.3, 0.4) is 0 Å². The number of Topliss-reactive ketones (excluding diaryl/α,β-unsaturated/α-hetero) is 1. The summed E-state index contributed by atoms with van der Waals surface area (Å²) in [7, 11) is 0. The minimum absolute atomic E-state index is 0.0709. The Balaban J connectivity index is 2.04. The van der Waals surface area contributed by atoms with E-state index in [4.69, 9.17) is 9.47 Å². The Morgan fingerprint density at radius 3 is 3.07 bits per heavy atom. The summed E-state index contributed by atoms with van der Waals surface area (Å²) in [5.74, 6) is -0.0709. The molecule has 0 aromatic carbocycles. The second-order valence-electron chi connectivity index (χ2n) is 3.83. The van der Waals surface area contributed by atoms with Crippen LogP contribution in [0, 0.1) is 0 Å². The standard InChI is InChI=1S/C10H10O4/c1-4-2-5-6(3-13-4)8(12)10-9(14-10)7(5)11/h2-4,7,9-11H,1H3/t4?,7-,9+,10-/m1/s1. The third kappa shape index (κ3) is 0.923. The van der Waals surface area contributed by atoms with Crippen LogP contribution < -0.4 is 0 Å². The average Bonchev–Trinajstić information content (AvgIpc) is 2.94. The van der Waals surface area contributed by atoms with Crippen LogP contribution in [-0.2, 0) is 14.3 Å². The number of carbonyl (C=O) groups is 1. The fourth-order valence-corrected chi connectivity index (χ4v) is 1.99. The van der Waals surface area contributed by atoms with Crippen molar-refractivity contribution >= 4 is 5.78 Å². The number of fused-ring (bicyclic) bond motifs is 2. The fourth-order valence-electron chi connectivity index (χ4n) is 1.99. The lowest BCUT2D eigenvalue weighted by atomic mass is 9.85. The predicted molar refractivity (Wildman–Crippen MR) is 46.4 cm³/mol. The molecule has 1 N–H and O–H groups in total. The summed E-state index contributed by atoms with van der Waals surface area (Å²) >= 11 is 0. The smallest absolute Gasteiger partial charge is 0.197 e. The van der Waals surface area contributed by atoms with Gasteiger partial charge in [-0.1, -0.05) is 0 Å². The molecular weight excluding hydrogens is 184 g/mol. The van der Waals surface area contributed by atoms with E-state index in [0.29, 0.717) is 11.1 Å². The molecule has 14 heavy (non-hydrogen) atoms. The lowest BCUT2D eigenvalue weighted by Crippen LogP contribution is -2.34. The van der Waals surface area contributed by atoms with E-state index in [1.54, 1.807) is 6.08 Å². The van der Waals surface area contributed by atoms with E-state index in [-0.39, 0.29) is 18.0 Å². The highest BCUT2D eigenvalue weighted by Gasteiger charge is 2.57. The van der Waals surface area contributed by atoms with Gasteiger partial charge in [0.1, 0.15) is 18.3 Å². The van der Waals surface area contributed by atoms with Crippen LogP contribution in [0.25, 0.3) is 0 Å². The van der Waals surface area contributed by atoms with Crippen molar-refractivity contribution in [3.05, 3.63) is 23.5 Å². The molecule has 3 rings (SSSR count). The quantitative estimate of drug-likeness (QED) is 0.548. The molecule has 2 aliphatic heterocycles. The van der Waals surface area contributed by atoms with E-state index in [1.807, 2.05) is 6.92 Å². The molecule has 4 atom stereocenters. The third-order valence-electron chi connectivity index (χ3n) is 2.81. The van der Waals surface area contributed by atoms with Gasteiger partial charge in [-0.2, -0.15) is 0 Å². The van der Waals surface area contributed by atoms with E-state index in [1.165, 1.54) is 6.26 Å². The van der Waals surface area contributed by atoms with Crippen LogP contribution in [-0.4, -0.2) is 35.3 Å². The number of epoxide rings is 1. The van der Waals surface area contributed by atoms with E-state index in [0.717, 1.165) is 0 Å². The minimum Gasteiger partial charge on any atom is -0.493 e. The van der Waals surface area contributed by atoms with Gasteiger partial charge in [0.25, 0.3) is 0 Å². The van der Waals surface area contributed by atoms with Crippen molar-refractivity contribution in [1.82, 2.24) is 0 Å². The van der Waals surface area contributed by atoms with Crippen molar-refractivity contribution in [2.45, 2.75) is 31.3 Å². The lowest BCUT2D eigenvalue weighted by molar-refractivity contribution is -0.117. The van der Waals surface area contributed by atoms with Crippen LogP contribution in [0.1, 0.15) is 6.92 Å². The van der Waals surface area contributed by atoms with E-state index in [2.05, 4.69) is 0 Å². The molecule has 4 nitrogen and oxygen atoms in total. The van der Waals surface area contributed by atoms with Gasteiger partial charge >= 0.3 is 0 Å². The second kappa shape index (κ2) is 2.46. The summed E-state index contributed by atoms with van der Waals surface area (Å²) in [5, 5.41) is 9.81. The zero-order chi connectivity index (χ0) is 9.87. The van der Waals surface area contributed by atoms with E-state index >= 15 is 0 Å². The Kier molecular flexibility index (Phi) is 1.44. The number of hydrogen-bond donors (Lipinski definition) is 1. The highest BCUT2D eigenvalue weighted by atomic mass is 16.6. The Bertz CT molecular complexity index is 368. The summed E-state index contributed by atoms with van der Waals surface area (Å²) in [5.41, 5.74) is 1.13. The van der Waals surface area contributed by atoms with Crippen LogP contribution in [0.5, 0.6) is 0 Å². The molecule has 0 aromatic rings. The largest absolute Gasteiger partial charge is 0.493 e. The van der Waals surface area contributed by atoms with Gasteiger partial charge in [-0.15, -0.1) is 0 Å². The Labute approximate surface area is 80.8 Å². The number of aliphatic hydroxyl groups is 1. The van der Waals surface area contributed by atoms with Gasteiger partial charge < -0.3 is 14.6 Å². The van der Waals surface area contributed by atoms with Gasteiger partial charge in [-0.25, -0.2) is 0 Å². The molecule has 1 aliphatic carbocycles. The molecule has 2 heterocycles.